The van der Waals surface area contributed by atoms with Gasteiger partial charge < -0.3 is 4.90 Å². The normalized spacial score (nSPS) is 15.3. The molecule has 0 aromatic heterocycles. The lowest BCUT2D eigenvalue weighted by Gasteiger charge is -2.34. The van der Waals surface area contributed by atoms with Crippen molar-refractivity contribution in [3.63, 3.8) is 0 Å². The van der Waals surface area contributed by atoms with E-state index in [-0.39, 0.29) is 5.41 Å². The monoisotopic (exact) mass is 563 g/mol. The zero-order valence-electron chi connectivity index (χ0n) is 24.0. The fourth-order valence-corrected chi connectivity index (χ4v) is 5.74. The Balaban J connectivity index is 1.41. The van der Waals surface area contributed by atoms with Crippen molar-refractivity contribution in [1.29, 1.82) is 21.0 Å². The van der Waals surface area contributed by atoms with Crippen molar-refractivity contribution in [2.75, 3.05) is 4.90 Å². The Labute approximate surface area is 256 Å². The predicted molar refractivity (Wildman–Crippen MR) is 172 cm³/mol. The van der Waals surface area contributed by atoms with Gasteiger partial charge in [-0.05, 0) is 77.0 Å². The van der Waals surface area contributed by atoms with E-state index < -0.39 is 0 Å². The van der Waals surface area contributed by atoms with Gasteiger partial charge in [0.25, 0.3) is 0 Å². The Morgan fingerprint density at radius 2 is 1.27 bits per heavy atom. The molecule has 1 aliphatic carbocycles. The van der Waals surface area contributed by atoms with Crippen LogP contribution in [0, 0.1) is 45.3 Å². The van der Waals surface area contributed by atoms with Crippen LogP contribution >= 0.6 is 0 Å². The van der Waals surface area contributed by atoms with Crippen LogP contribution in [0.3, 0.4) is 0 Å². The van der Waals surface area contributed by atoms with E-state index in [9.17, 15) is 21.0 Å². The quantitative estimate of drug-likeness (QED) is 0.213. The van der Waals surface area contributed by atoms with Gasteiger partial charge in [0, 0.05) is 22.2 Å². The van der Waals surface area contributed by atoms with E-state index in [1.807, 2.05) is 42.5 Å². The van der Waals surface area contributed by atoms with Crippen molar-refractivity contribution in [3.05, 3.63) is 155 Å². The van der Waals surface area contributed by atoms with Gasteiger partial charge in [0.15, 0.2) is 0 Å². The number of allylic oxidation sites excluding steroid dienone is 3. The molecule has 0 saturated heterocycles. The van der Waals surface area contributed by atoms with Gasteiger partial charge in [-0.1, -0.05) is 79.7 Å². The Hall–Kier alpha value is -6.40. The molecule has 1 aliphatic rings. The van der Waals surface area contributed by atoms with Crippen molar-refractivity contribution < 1.29 is 0 Å². The SMILES string of the molecule is CC1(c2ccc(C#N)c(C#N)c2)C=CC(N(c2ccc(-c3ccc(C#N)c(C#N)c3)cc2)c2cccc3ccccc23)=CC1. The molecule has 6 rings (SSSR count). The highest BCUT2D eigenvalue weighted by molar-refractivity contribution is 5.97. The minimum Gasteiger partial charge on any atom is -0.310 e. The third-order valence-corrected chi connectivity index (χ3v) is 8.26. The van der Waals surface area contributed by atoms with Gasteiger partial charge in [-0.15, -0.1) is 0 Å². The van der Waals surface area contributed by atoms with E-state index in [0.717, 1.165) is 44.5 Å². The van der Waals surface area contributed by atoms with Crippen LogP contribution in [0.4, 0.5) is 11.4 Å². The maximum Gasteiger partial charge on any atom is 0.101 e. The highest BCUT2D eigenvalue weighted by Crippen LogP contribution is 2.41. The molecule has 1 atom stereocenters. The molecule has 0 fully saturated rings. The molecule has 1 unspecified atom stereocenters. The van der Waals surface area contributed by atoms with E-state index in [0.29, 0.717) is 28.7 Å². The average molecular weight is 564 g/mol. The Morgan fingerprint density at radius 3 is 1.95 bits per heavy atom. The molecule has 0 N–H and O–H groups in total. The van der Waals surface area contributed by atoms with E-state index in [2.05, 4.69) is 96.8 Å². The molecule has 0 radical (unpaired) electrons. The first-order valence-electron chi connectivity index (χ1n) is 14.1. The number of anilines is 2. The predicted octanol–water partition coefficient (Wildman–Crippen LogP) is 8.93. The summed E-state index contributed by atoms with van der Waals surface area (Å²) >= 11 is 0. The maximum atomic E-state index is 9.59. The first kappa shape index (κ1) is 27.8. The van der Waals surface area contributed by atoms with E-state index in [1.54, 1.807) is 18.2 Å². The van der Waals surface area contributed by atoms with Crippen LogP contribution in [0.2, 0.25) is 0 Å². The summed E-state index contributed by atoms with van der Waals surface area (Å²) in [6.07, 6.45) is 7.23. The molecule has 5 aromatic rings. The number of hydrogen-bond donors (Lipinski definition) is 0. The molecule has 206 valence electrons. The summed E-state index contributed by atoms with van der Waals surface area (Å²) in [6.45, 7) is 2.14. The Kier molecular flexibility index (Phi) is 7.23. The summed E-state index contributed by atoms with van der Waals surface area (Å²) in [5.74, 6) is 0. The Morgan fingerprint density at radius 1 is 0.636 bits per heavy atom. The molecule has 0 bridgehead atoms. The van der Waals surface area contributed by atoms with Crippen LogP contribution in [0.5, 0.6) is 0 Å². The van der Waals surface area contributed by atoms with Crippen molar-refractivity contribution >= 4 is 22.1 Å². The second kappa shape index (κ2) is 11.5. The van der Waals surface area contributed by atoms with Crippen molar-refractivity contribution in [1.82, 2.24) is 0 Å². The molecule has 0 amide bonds. The van der Waals surface area contributed by atoms with Gasteiger partial charge >= 0.3 is 0 Å². The van der Waals surface area contributed by atoms with Crippen molar-refractivity contribution in [2.45, 2.75) is 18.8 Å². The second-order valence-electron chi connectivity index (χ2n) is 10.9. The van der Waals surface area contributed by atoms with Gasteiger partial charge in [-0.25, -0.2) is 0 Å². The van der Waals surface area contributed by atoms with Gasteiger partial charge in [0.1, 0.15) is 24.3 Å². The number of hydrogen-bond acceptors (Lipinski definition) is 5. The molecule has 0 heterocycles. The lowest BCUT2D eigenvalue weighted by atomic mass is 9.76. The van der Waals surface area contributed by atoms with E-state index in [1.165, 1.54) is 0 Å². The summed E-state index contributed by atoms with van der Waals surface area (Å²) in [4.78, 5) is 2.25. The fourth-order valence-electron chi connectivity index (χ4n) is 5.74. The lowest BCUT2D eigenvalue weighted by Crippen LogP contribution is -2.24. The summed E-state index contributed by atoms with van der Waals surface area (Å²) in [5, 5.41) is 40.0. The van der Waals surface area contributed by atoms with E-state index >= 15 is 0 Å². The van der Waals surface area contributed by atoms with Gasteiger partial charge in [0.2, 0.25) is 0 Å². The zero-order valence-corrected chi connectivity index (χ0v) is 24.0. The van der Waals surface area contributed by atoms with Crippen LogP contribution in [-0.2, 0) is 5.41 Å². The fraction of sp³-hybridized carbons (Fsp3) is 0.0769. The highest BCUT2D eigenvalue weighted by atomic mass is 15.1. The number of nitriles is 4. The first-order chi connectivity index (χ1) is 21.5. The lowest BCUT2D eigenvalue weighted by molar-refractivity contribution is 0.595. The molecule has 0 spiro atoms. The molecule has 0 saturated carbocycles. The molecule has 0 aliphatic heterocycles. The molecule has 5 nitrogen and oxygen atoms in total. The molecule has 44 heavy (non-hydrogen) atoms. The Bertz CT molecular complexity index is 2160. The minimum atomic E-state index is -0.342. The first-order valence-corrected chi connectivity index (χ1v) is 14.1. The largest absolute Gasteiger partial charge is 0.310 e. The molecular weight excluding hydrogens is 538 g/mol. The standard InChI is InChI=1S/C39H25N5/c1-39(34-14-11-31(24-41)33(22-34)26-43)19-17-36(18-20-39)44(38-8-4-6-28-5-2-3-7-37(28)38)35-15-12-27(13-16-35)29-9-10-30(23-40)32(21-29)25-42/h2-19,21-22H,20H2,1H3. The van der Waals surface area contributed by atoms with Gasteiger partial charge in [-0.2, -0.15) is 21.0 Å². The molecular formula is C39H25N5. The smallest absolute Gasteiger partial charge is 0.101 e. The van der Waals surface area contributed by atoms with Crippen LogP contribution < -0.4 is 4.90 Å². The number of rotatable bonds is 5. The number of benzene rings is 5. The van der Waals surface area contributed by atoms with Crippen LogP contribution in [0.25, 0.3) is 21.9 Å². The minimum absolute atomic E-state index is 0.342. The highest BCUT2D eigenvalue weighted by Gasteiger charge is 2.28. The third-order valence-electron chi connectivity index (χ3n) is 8.26. The second-order valence-corrected chi connectivity index (χ2v) is 10.9. The van der Waals surface area contributed by atoms with E-state index in [4.69, 9.17) is 0 Å². The van der Waals surface area contributed by atoms with Gasteiger partial charge in [-0.3, -0.25) is 0 Å². The summed E-state index contributed by atoms with van der Waals surface area (Å²) in [7, 11) is 0. The topological polar surface area (TPSA) is 98.4 Å². The maximum absolute atomic E-state index is 9.59. The van der Waals surface area contributed by atoms with Crippen LogP contribution in [0.1, 0.15) is 41.2 Å². The van der Waals surface area contributed by atoms with Crippen LogP contribution in [0.15, 0.2) is 127 Å². The third kappa shape index (κ3) is 4.97. The van der Waals surface area contributed by atoms with Crippen molar-refractivity contribution in [3.8, 4) is 35.4 Å². The molecule has 5 aromatic carbocycles. The average Bonchev–Trinajstić information content (AvgIpc) is 3.09. The summed E-state index contributed by atoms with van der Waals surface area (Å²) < 4.78 is 0. The number of nitrogens with zero attached hydrogens (tertiary/aromatic N) is 5. The van der Waals surface area contributed by atoms with Gasteiger partial charge in [0.05, 0.1) is 27.9 Å². The number of fused-ring (bicyclic) bond motifs is 1. The van der Waals surface area contributed by atoms with Crippen LogP contribution in [-0.4, -0.2) is 0 Å². The molecule has 5 heteroatoms. The zero-order chi connectivity index (χ0) is 30.7. The summed E-state index contributed by atoms with van der Waals surface area (Å²) in [5.41, 5.74) is 6.99. The van der Waals surface area contributed by atoms with Crippen molar-refractivity contribution in [2.24, 2.45) is 0 Å². The summed E-state index contributed by atoms with van der Waals surface area (Å²) in [6, 6.07) is 42.1.